The molecule has 24 heavy (non-hydrogen) atoms. The number of rotatable bonds is 4. The van der Waals surface area contributed by atoms with Gasteiger partial charge in [-0.15, -0.1) is 11.3 Å². The van der Waals surface area contributed by atoms with Gasteiger partial charge in [0, 0.05) is 17.0 Å². The number of aliphatic carboxylic acids is 1. The maximum atomic E-state index is 13.0. The van der Waals surface area contributed by atoms with Crippen LogP contribution in [0.1, 0.15) is 22.4 Å². The maximum absolute atomic E-state index is 13.0. The summed E-state index contributed by atoms with van der Waals surface area (Å²) in [4.78, 5) is 30.4. The Kier molecular flexibility index (Phi) is 4.24. The normalized spacial score (nSPS) is 11.1. The van der Waals surface area contributed by atoms with Crippen LogP contribution in [0.3, 0.4) is 0 Å². The molecular weight excluding hydrogens is 324 g/mol. The van der Waals surface area contributed by atoms with E-state index in [9.17, 15) is 9.59 Å². The number of carboxylic acids is 1. The monoisotopic (exact) mass is 342 g/mol. The van der Waals surface area contributed by atoms with Crippen molar-refractivity contribution in [1.29, 1.82) is 0 Å². The summed E-state index contributed by atoms with van der Waals surface area (Å²) < 4.78 is 1.49. The molecule has 0 saturated heterocycles. The average Bonchev–Trinajstić information content (AvgIpc) is 2.81. The van der Waals surface area contributed by atoms with Crippen molar-refractivity contribution in [3.8, 4) is 11.4 Å². The number of fused-ring (bicyclic) bond motifs is 1. The molecule has 0 saturated carbocycles. The minimum Gasteiger partial charge on any atom is -0.481 e. The Labute approximate surface area is 143 Å². The first-order chi connectivity index (χ1) is 11.4. The first-order valence-electron chi connectivity index (χ1n) is 7.68. The van der Waals surface area contributed by atoms with E-state index in [2.05, 4.69) is 0 Å². The van der Waals surface area contributed by atoms with Crippen LogP contribution in [0.4, 0.5) is 0 Å². The summed E-state index contributed by atoms with van der Waals surface area (Å²) >= 11 is 1.50. The van der Waals surface area contributed by atoms with Crippen molar-refractivity contribution in [2.24, 2.45) is 0 Å². The van der Waals surface area contributed by atoms with Crippen molar-refractivity contribution < 1.29 is 9.90 Å². The number of nitrogens with zero attached hydrogens (tertiary/aromatic N) is 2. The van der Waals surface area contributed by atoms with Crippen molar-refractivity contribution in [3.63, 3.8) is 0 Å². The molecule has 0 fully saturated rings. The van der Waals surface area contributed by atoms with Gasteiger partial charge in [-0.05, 0) is 32.4 Å². The fourth-order valence-electron chi connectivity index (χ4n) is 2.75. The number of aryl methyl sites for hydroxylation is 3. The number of hydrogen-bond donors (Lipinski definition) is 1. The second kappa shape index (κ2) is 6.20. The van der Waals surface area contributed by atoms with E-state index in [0.29, 0.717) is 16.0 Å². The summed E-state index contributed by atoms with van der Waals surface area (Å²) in [6.45, 7) is 5.95. The molecular formula is C18H18N2O3S. The van der Waals surface area contributed by atoms with Gasteiger partial charge in [0.15, 0.2) is 0 Å². The summed E-state index contributed by atoms with van der Waals surface area (Å²) in [5.74, 6) is -0.408. The highest BCUT2D eigenvalue weighted by molar-refractivity contribution is 7.18. The van der Waals surface area contributed by atoms with Gasteiger partial charge in [0.2, 0.25) is 0 Å². The largest absolute Gasteiger partial charge is 0.481 e. The van der Waals surface area contributed by atoms with Crippen molar-refractivity contribution in [2.45, 2.75) is 33.7 Å². The van der Waals surface area contributed by atoms with E-state index in [1.165, 1.54) is 15.9 Å². The summed E-state index contributed by atoms with van der Waals surface area (Å²) in [5, 5.41) is 9.61. The molecule has 0 amide bonds. The zero-order chi connectivity index (χ0) is 17.4. The van der Waals surface area contributed by atoms with Gasteiger partial charge in [-0.3, -0.25) is 14.2 Å². The van der Waals surface area contributed by atoms with Gasteiger partial charge in [0.25, 0.3) is 5.56 Å². The molecule has 0 bridgehead atoms. The SMILES string of the molecule is Cc1cccc(-c2nc3sc(C)c(C)c3c(=O)n2CCC(=O)O)c1. The Morgan fingerprint density at radius 1 is 1.29 bits per heavy atom. The predicted molar refractivity (Wildman–Crippen MR) is 95.8 cm³/mol. The zero-order valence-corrected chi connectivity index (χ0v) is 14.6. The smallest absolute Gasteiger partial charge is 0.305 e. The third kappa shape index (κ3) is 2.85. The number of carbonyl (C=O) groups is 1. The Balaban J connectivity index is 2.31. The van der Waals surface area contributed by atoms with Gasteiger partial charge >= 0.3 is 5.97 Å². The molecule has 1 N–H and O–H groups in total. The van der Waals surface area contributed by atoms with E-state index in [-0.39, 0.29) is 18.5 Å². The van der Waals surface area contributed by atoms with Gasteiger partial charge in [0.05, 0.1) is 11.8 Å². The van der Waals surface area contributed by atoms with Crippen LogP contribution in [0, 0.1) is 20.8 Å². The molecule has 0 atom stereocenters. The minimum absolute atomic E-state index is 0.106. The number of aromatic nitrogens is 2. The molecule has 0 spiro atoms. The molecule has 124 valence electrons. The first-order valence-corrected chi connectivity index (χ1v) is 8.49. The predicted octanol–water partition coefficient (Wildman–Crippen LogP) is 3.52. The van der Waals surface area contributed by atoms with E-state index < -0.39 is 5.97 Å². The second-order valence-electron chi connectivity index (χ2n) is 5.87. The van der Waals surface area contributed by atoms with E-state index in [4.69, 9.17) is 10.1 Å². The van der Waals surface area contributed by atoms with Crippen LogP contribution in [0.15, 0.2) is 29.1 Å². The Morgan fingerprint density at radius 2 is 2.04 bits per heavy atom. The van der Waals surface area contributed by atoms with Gasteiger partial charge < -0.3 is 5.11 Å². The fraction of sp³-hybridized carbons (Fsp3) is 0.278. The second-order valence-corrected chi connectivity index (χ2v) is 7.07. The molecule has 0 radical (unpaired) electrons. The minimum atomic E-state index is -0.935. The lowest BCUT2D eigenvalue weighted by molar-refractivity contribution is -0.137. The van der Waals surface area contributed by atoms with E-state index in [0.717, 1.165) is 21.6 Å². The standard InChI is InChI=1S/C18H18N2O3S/c1-10-5-4-6-13(9-10)16-19-17-15(11(2)12(3)24-17)18(23)20(16)8-7-14(21)22/h4-6,9H,7-8H2,1-3H3,(H,21,22). The van der Waals surface area contributed by atoms with Crippen LogP contribution >= 0.6 is 11.3 Å². The van der Waals surface area contributed by atoms with Crippen LogP contribution in [0.25, 0.3) is 21.6 Å². The molecule has 0 aliphatic rings. The molecule has 1 aromatic carbocycles. The Morgan fingerprint density at radius 3 is 2.71 bits per heavy atom. The van der Waals surface area contributed by atoms with Crippen LogP contribution in [-0.4, -0.2) is 20.6 Å². The highest BCUT2D eigenvalue weighted by Crippen LogP contribution is 2.28. The third-order valence-corrected chi connectivity index (χ3v) is 5.22. The topological polar surface area (TPSA) is 72.2 Å². The Bertz CT molecular complexity index is 1000. The van der Waals surface area contributed by atoms with E-state index in [1.54, 1.807) is 0 Å². The van der Waals surface area contributed by atoms with Crippen LogP contribution in [-0.2, 0) is 11.3 Å². The molecule has 0 aliphatic heterocycles. The quantitative estimate of drug-likeness (QED) is 0.787. The molecule has 3 rings (SSSR count). The van der Waals surface area contributed by atoms with Gasteiger partial charge in [-0.2, -0.15) is 0 Å². The highest BCUT2D eigenvalue weighted by atomic mass is 32.1. The Hall–Kier alpha value is -2.47. The van der Waals surface area contributed by atoms with Crippen molar-refractivity contribution in [2.75, 3.05) is 0 Å². The third-order valence-electron chi connectivity index (χ3n) is 4.11. The van der Waals surface area contributed by atoms with Crippen molar-refractivity contribution >= 4 is 27.5 Å². The fourth-order valence-corrected chi connectivity index (χ4v) is 3.77. The summed E-state index contributed by atoms with van der Waals surface area (Å²) in [7, 11) is 0. The lowest BCUT2D eigenvalue weighted by atomic mass is 10.1. The molecule has 2 heterocycles. The molecule has 0 aliphatic carbocycles. The van der Waals surface area contributed by atoms with Crippen LogP contribution in [0.2, 0.25) is 0 Å². The average molecular weight is 342 g/mol. The lowest BCUT2D eigenvalue weighted by Crippen LogP contribution is -2.24. The molecule has 0 unspecified atom stereocenters. The number of benzene rings is 1. The van der Waals surface area contributed by atoms with Crippen molar-refractivity contribution in [1.82, 2.24) is 9.55 Å². The number of hydrogen-bond acceptors (Lipinski definition) is 4. The maximum Gasteiger partial charge on any atom is 0.305 e. The number of thiophene rings is 1. The van der Waals surface area contributed by atoms with Crippen LogP contribution < -0.4 is 5.56 Å². The molecule has 6 heteroatoms. The summed E-state index contributed by atoms with van der Waals surface area (Å²) in [6.07, 6.45) is -0.117. The summed E-state index contributed by atoms with van der Waals surface area (Å²) in [5.41, 5.74) is 2.64. The summed E-state index contributed by atoms with van der Waals surface area (Å²) in [6, 6.07) is 7.73. The van der Waals surface area contributed by atoms with Gasteiger partial charge in [-0.25, -0.2) is 4.98 Å². The highest BCUT2D eigenvalue weighted by Gasteiger charge is 2.18. The molecule has 2 aromatic heterocycles. The molecule has 5 nitrogen and oxygen atoms in total. The van der Waals surface area contributed by atoms with E-state index in [1.807, 2.05) is 45.0 Å². The lowest BCUT2D eigenvalue weighted by Gasteiger charge is -2.12. The zero-order valence-electron chi connectivity index (χ0n) is 13.8. The van der Waals surface area contributed by atoms with E-state index >= 15 is 0 Å². The van der Waals surface area contributed by atoms with Gasteiger partial charge in [-0.1, -0.05) is 23.8 Å². The van der Waals surface area contributed by atoms with Crippen LogP contribution in [0.5, 0.6) is 0 Å². The molecule has 3 aromatic rings. The van der Waals surface area contributed by atoms with Gasteiger partial charge in [0.1, 0.15) is 10.7 Å². The van der Waals surface area contributed by atoms with Crippen molar-refractivity contribution in [3.05, 3.63) is 50.6 Å². The first kappa shape index (κ1) is 16.4. The number of carboxylic acid groups (broad SMARTS) is 1.